The molecule has 0 aliphatic carbocycles. The van der Waals surface area contributed by atoms with Gasteiger partial charge in [-0.3, -0.25) is 0 Å². The van der Waals surface area contributed by atoms with Crippen molar-refractivity contribution in [1.29, 1.82) is 0 Å². The molecule has 21 heavy (non-hydrogen) atoms. The Morgan fingerprint density at radius 2 is 1.95 bits per heavy atom. The Morgan fingerprint density at radius 1 is 1.19 bits per heavy atom. The molecule has 3 heteroatoms. The maximum absolute atomic E-state index is 3.85. The Morgan fingerprint density at radius 3 is 2.62 bits per heavy atom. The Labute approximate surface area is 139 Å². The minimum Gasteiger partial charge on any atom is -0.309 e. The normalized spacial score (nSPS) is 24.0. The molecule has 3 unspecified atom stereocenters. The number of thioether (sulfide) groups is 2. The molecule has 1 aliphatic rings. The molecule has 0 bridgehead atoms. The third-order valence-electron chi connectivity index (χ3n) is 4.20. The first kappa shape index (κ1) is 17.2. The molecule has 0 amide bonds. The fraction of sp³-hybridized carbons (Fsp3) is 0.667. The van der Waals surface area contributed by atoms with E-state index in [-0.39, 0.29) is 0 Å². The Hall–Kier alpha value is -0.120. The van der Waals surface area contributed by atoms with Gasteiger partial charge in [0.15, 0.2) is 0 Å². The van der Waals surface area contributed by atoms with E-state index in [0.717, 1.165) is 11.8 Å². The van der Waals surface area contributed by atoms with Gasteiger partial charge in [-0.15, -0.1) is 0 Å². The number of hydrogen-bond acceptors (Lipinski definition) is 3. The summed E-state index contributed by atoms with van der Waals surface area (Å²) in [4.78, 5) is 0. The van der Waals surface area contributed by atoms with Crippen molar-refractivity contribution in [1.82, 2.24) is 5.32 Å². The van der Waals surface area contributed by atoms with Crippen molar-refractivity contribution < 1.29 is 0 Å². The fourth-order valence-electron chi connectivity index (χ4n) is 3.12. The molecule has 0 radical (unpaired) electrons. The quantitative estimate of drug-likeness (QED) is 0.793. The molecular weight excluding hydrogens is 294 g/mol. The van der Waals surface area contributed by atoms with E-state index in [1.54, 1.807) is 0 Å². The summed E-state index contributed by atoms with van der Waals surface area (Å²) in [7, 11) is 0. The molecule has 1 heterocycles. The predicted octanol–water partition coefficient (Wildman–Crippen LogP) is 4.97. The van der Waals surface area contributed by atoms with Crippen LogP contribution in [0.5, 0.6) is 0 Å². The fourth-order valence-corrected chi connectivity index (χ4v) is 6.37. The van der Waals surface area contributed by atoms with Crippen molar-refractivity contribution >= 4 is 23.5 Å². The Bertz CT molecular complexity index is 447. The first-order chi connectivity index (χ1) is 10.2. The lowest BCUT2D eigenvalue weighted by atomic mass is 9.94. The van der Waals surface area contributed by atoms with Gasteiger partial charge >= 0.3 is 0 Å². The molecule has 0 saturated carbocycles. The lowest BCUT2D eigenvalue weighted by Crippen LogP contribution is -2.39. The van der Waals surface area contributed by atoms with Gasteiger partial charge in [0.1, 0.15) is 0 Å². The van der Waals surface area contributed by atoms with Crippen LogP contribution >= 0.6 is 23.5 Å². The molecule has 2 rings (SSSR count). The summed E-state index contributed by atoms with van der Waals surface area (Å²) in [5.41, 5.74) is 4.31. The van der Waals surface area contributed by atoms with Crippen LogP contribution in [0.4, 0.5) is 0 Å². The third-order valence-corrected chi connectivity index (χ3v) is 7.55. The number of aryl methyl sites for hydroxylation is 2. The van der Waals surface area contributed by atoms with Gasteiger partial charge in [-0.25, -0.2) is 0 Å². The summed E-state index contributed by atoms with van der Waals surface area (Å²) in [5.74, 6) is 2.61. The maximum atomic E-state index is 3.85. The highest BCUT2D eigenvalue weighted by Gasteiger charge is 2.33. The highest BCUT2D eigenvalue weighted by Crippen LogP contribution is 2.41. The van der Waals surface area contributed by atoms with E-state index < -0.39 is 0 Å². The van der Waals surface area contributed by atoms with E-state index in [4.69, 9.17) is 0 Å². The van der Waals surface area contributed by atoms with E-state index in [2.05, 4.69) is 74.7 Å². The van der Waals surface area contributed by atoms with E-state index in [1.807, 2.05) is 0 Å². The minimum atomic E-state index is 0.494. The first-order valence-corrected chi connectivity index (χ1v) is 10.3. The van der Waals surface area contributed by atoms with Gasteiger partial charge in [0.2, 0.25) is 0 Å². The molecule has 0 spiro atoms. The number of nitrogens with one attached hydrogen (secondary N) is 1. The van der Waals surface area contributed by atoms with Crippen molar-refractivity contribution in [3.05, 3.63) is 34.9 Å². The van der Waals surface area contributed by atoms with Crippen molar-refractivity contribution in [2.75, 3.05) is 18.1 Å². The van der Waals surface area contributed by atoms with Crippen LogP contribution in [0.15, 0.2) is 18.2 Å². The minimum absolute atomic E-state index is 0.494. The second-order valence-electron chi connectivity index (χ2n) is 5.94. The Kier molecular flexibility index (Phi) is 6.97. The van der Waals surface area contributed by atoms with Gasteiger partial charge < -0.3 is 5.32 Å². The zero-order chi connectivity index (χ0) is 15.2. The summed E-state index contributed by atoms with van der Waals surface area (Å²) in [5, 5.41) is 5.32. The molecule has 118 valence electrons. The van der Waals surface area contributed by atoms with Crippen LogP contribution in [-0.2, 0) is 0 Å². The van der Waals surface area contributed by atoms with Crippen LogP contribution in [0.25, 0.3) is 0 Å². The molecule has 0 aromatic heterocycles. The standard InChI is InChI=1S/C18H29NS2/c1-5-9-19-17(15-8-7-13(3)12-14(15)4)18-16(6-2)20-10-11-21-18/h7-8,12,16-19H,5-6,9-11H2,1-4H3. The zero-order valence-electron chi connectivity index (χ0n) is 13.8. The third kappa shape index (κ3) is 4.43. The number of benzene rings is 1. The van der Waals surface area contributed by atoms with Gasteiger partial charge in [0.25, 0.3) is 0 Å². The van der Waals surface area contributed by atoms with Gasteiger partial charge in [0.05, 0.1) is 0 Å². The average Bonchev–Trinajstić information content (AvgIpc) is 2.49. The van der Waals surface area contributed by atoms with Gasteiger partial charge in [-0.05, 0) is 44.4 Å². The summed E-state index contributed by atoms with van der Waals surface area (Å²) >= 11 is 4.35. The molecule has 3 atom stereocenters. The van der Waals surface area contributed by atoms with Crippen LogP contribution in [0, 0.1) is 13.8 Å². The summed E-state index contributed by atoms with van der Waals surface area (Å²) in [6.07, 6.45) is 2.47. The molecule has 1 saturated heterocycles. The zero-order valence-corrected chi connectivity index (χ0v) is 15.4. The number of hydrogen-bond donors (Lipinski definition) is 1. The highest BCUT2D eigenvalue weighted by molar-refractivity contribution is 8.07. The van der Waals surface area contributed by atoms with Crippen LogP contribution in [-0.4, -0.2) is 28.6 Å². The molecule has 1 fully saturated rings. The van der Waals surface area contributed by atoms with Gasteiger partial charge in [-0.1, -0.05) is 37.6 Å². The molecular formula is C18H29NS2. The van der Waals surface area contributed by atoms with Gasteiger partial charge in [0, 0.05) is 28.0 Å². The largest absolute Gasteiger partial charge is 0.309 e. The molecule has 1 nitrogen and oxygen atoms in total. The van der Waals surface area contributed by atoms with Crippen LogP contribution in [0.2, 0.25) is 0 Å². The monoisotopic (exact) mass is 323 g/mol. The highest BCUT2D eigenvalue weighted by atomic mass is 32.2. The lowest BCUT2D eigenvalue weighted by molar-refractivity contribution is 0.496. The van der Waals surface area contributed by atoms with Crippen LogP contribution in [0.3, 0.4) is 0 Å². The number of rotatable bonds is 6. The van der Waals surface area contributed by atoms with Crippen molar-refractivity contribution in [2.24, 2.45) is 0 Å². The van der Waals surface area contributed by atoms with Crippen molar-refractivity contribution in [3.8, 4) is 0 Å². The van der Waals surface area contributed by atoms with E-state index in [9.17, 15) is 0 Å². The molecule has 1 aliphatic heterocycles. The second-order valence-corrected chi connectivity index (χ2v) is 8.58. The molecule has 1 N–H and O–H groups in total. The summed E-state index contributed by atoms with van der Waals surface area (Å²) in [6, 6.07) is 7.44. The van der Waals surface area contributed by atoms with Crippen molar-refractivity contribution in [2.45, 2.75) is 57.1 Å². The molecule has 1 aromatic rings. The average molecular weight is 324 g/mol. The smallest absolute Gasteiger partial charge is 0.0454 e. The summed E-state index contributed by atoms with van der Waals surface area (Å²) < 4.78 is 0. The SMILES string of the molecule is CCCNC(c1ccc(C)cc1C)C1SCCSC1CC. The topological polar surface area (TPSA) is 12.0 Å². The summed E-state index contributed by atoms with van der Waals surface area (Å²) in [6.45, 7) is 10.2. The second kappa shape index (κ2) is 8.50. The van der Waals surface area contributed by atoms with E-state index >= 15 is 0 Å². The molecule has 1 aromatic carbocycles. The van der Waals surface area contributed by atoms with Crippen molar-refractivity contribution in [3.63, 3.8) is 0 Å². The van der Waals surface area contributed by atoms with E-state index in [1.165, 1.54) is 41.0 Å². The lowest BCUT2D eigenvalue weighted by Gasteiger charge is -2.37. The van der Waals surface area contributed by atoms with E-state index in [0.29, 0.717) is 11.3 Å². The van der Waals surface area contributed by atoms with Crippen LogP contribution in [0.1, 0.15) is 49.4 Å². The first-order valence-electron chi connectivity index (χ1n) is 8.21. The van der Waals surface area contributed by atoms with Crippen LogP contribution < -0.4 is 5.32 Å². The maximum Gasteiger partial charge on any atom is 0.0454 e. The Balaban J connectivity index is 2.27. The van der Waals surface area contributed by atoms with Gasteiger partial charge in [-0.2, -0.15) is 23.5 Å². The predicted molar refractivity (Wildman–Crippen MR) is 99.7 cm³/mol.